The van der Waals surface area contributed by atoms with Crippen LogP contribution < -0.4 is 0 Å². The number of aryl methyl sites for hydroxylation is 1. The van der Waals surface area contributed by atoms with Gasteiger partial charge in [0.1, 0.15) is 17.9 Å². The monoisotopic (exact) mass is 280 g/mol. The molecule has 0 spiro atoms. The van der Waals surface area contributed by atoms with Crippen LogP contribution in [-0.4, -0.2) is 38.9 Å². The number of likely N-dealkylation sites (N-methyl/N-ethyl adjacent to an activating group) is 1. The van der Waals surface area contributed by atoms with Crippen molar-refractivity contribution >= 4 is 28.7 Å². The number of pyridine rings is 1. The molecule has 0 aliphatic carbocycles. The second-order valence-electron chi connectivity index (χ2n) is 4.46. The van der Waals surface area contributed by atoms with Gasteiger partial charge in [0.25, 0.3) is 0 Å². The molecule has 2 aromatic rings. The summed E-state index contributed by atoms with van der Waals surface area (Å²) < 4.78 is 1.80. The summed E-state index contributed by atoms with van der Waals surface area (Å²) >= 11 is 5.92. The largest absolute Gasteiger partial charge is 0.344 e. The van der Waals surface area contributed by atoms with Gasteiger partial charge in [-0.2, -0.15) is 0 Å². The van der Waals surface area contributed by atoms with E-state index < -0.39 is 0 Å². The van der Waals surface area contributed by atoms with Gasteiger partial charge >= 0.3 is 0 Å². The highest BCUT2D eigenvalue weighted by molar-refractivity contribution is 6.16. The predicted octanol–water partition coefficient (Wildman–Crippen LogP) is 1.96. The number of hydrogen-bond donors (Lipinski definition) is 0. The van der Waals surface area contributed by atoms with Crippen molar-refractivity contribution < 1.29 is 4.79 Å². The molecule has 0 atom stereocenters. The van der Waals surface area contributed by atoms with Crippen LogP contribution in [0.5, 0.6) is 0 Å². The van der Waals surface area contributed by atoms with Crippen LogP contribution in [0.3, 0.4) is 0 Å². The summed E-state index contributed by atoms with van der Waals surface area (Å²) in [5, 5.41) is 0. The van der Waals surface area contributed by atoms with E-state index in [9.17, 15) is 4.79 Å². The molecule has 102 valence electrons. The molecule has 0 unspecified atom stereocenters. The Morgan fingerprint density at radius 3 is 2.89 bits per heavy atom. The molecule has 6 heteroatoms. The zero-order chi connectivity index (χ0) is 14.0. The Bertz CT molecular complexity index is 608. The molecule has 0 bridgehead atoms. The Kier molecular flexibility index (Phi) is 4.04. The van der Waals surface area contributed by atoms with E-state index in [0.717, 1.165) is 11.1 Å². The maximum absolute atomic E-state index is 12.0. The number of alkyl halides is 1. The molecular weight excluding hydrogens is 264 g/mol. The first-order valence-electron chi connectivity index (χ1n) is 6.19. The van der Waals surface area contributed by atoms with Crippen molar-refractivity contribution in [3.8, 4) is 0 Å². The third kappa shape index (κ3) is 2.56. The van der Waals surface area contributed by atoms with Gasteiger partial charge in [-0.25, -0.2) is 9.97 Å². The summed E-state index contributed by atoms with van der Waals surface area (Å²) in [5.74, 6) is 0.964. The first kappa shape index (κ1) is 13.8. The third-order valence-corrected chi connectivity index (χ3v) is 3.47. The first-order chi connectivity index (χ1) is 9.08. The highest BCUT2D eigenvalue weighted by Gasteiger charge is 2.16. The number of rotatable bonds is 4. The first-order valence-corrected chi connectivity index (χ1v) is 6.72. The maximum atomic E-state index is 12.0. The molecule has 0 aliphatic rings. The highest BCUT2D eigenvalue weighted by Crippen LogP contribution is 2.18. The molecule has 0 aliphatic heterocycles. The van der Waals surface area contributed by atoms with Crippen molar-refractivity contribution in [1.29, 1.82) is 0 Å². The molecule has 19 heavy (non-hydrogen) atoms. The van der Waals surface area contributed by atoms with Gasteiger partial charge in [-0.3, -0.25) is 4.79 Å². The third-order valence-electron chi connectivity index (χ3n) is 3.23. The van der Waals surface area contributed by atoms with E-state index in [2.05, 4.69) is 9.97 Å². The molecule has 0 fully saturated rings. The smallest absolute Gasteiger partial charge is 0.242 e. The second kappa shape index (κ2) is 5.57. The lowest BCUT2D eigenvalue weighted by atomic mass is 10.3. The molecule has 2 heterocycles. The van der Waals surface area contributed by atoms with Gasteiger partial charge < -0.3 is 9.47 Å². The van der Waals surface area contributed by atoms with Gasteiger partial charge in [0.05, 0.1) is 5.88 Å². The summed E-state index contributed by atoms with van der Waals surface area (Å²) in [6, 6.07) is 1.90. The fourth-order valence-electron chi connectivity index (χ4n) is 1.88. The predicted molar refractivity (Wildman–Crippen MR) is 75.1 cm³/mol. The maximum Gasteiger partial charge on any atom is 0.242 e. The minimum absolute atomic E-state index is 0.0245. The molecule has 5 nitrogen and oxygen atoms in total. The van der Waals surface area contributed by atoms with Crippen LogP contribution in [-0.2, 0) is 17.2 Å². The van der Waals surface area contributed by atoms with Crippen molar-refractivity contribution in [2.75, 3.05) is 13.6 Å². The zero-order valence-electron chi connectivity index (χ0n) is 11.4. The van der Waals surface area contributed by atoms with Crippen LogP contribution in [0.4, 0.5) is 0 Å². The molecule has 2 rings (SSSR count). The lowest BCUT2D eigenvalue weighted by Crippen LogP contribution is -2.30. The topological polar surface area (TPSA) is 51.0 Å². The SMILES string of the molecule is CCN(C)C(=O)Cn1c(CCl)nc2c(C)ccnc21. The zero-order valence-corrected chi connectivity index (χ0v) is 12.1. The number of imidazole rings is 1. The quantitative estimate of drug-likeness (QED) is 0.805. The van der Waals surface area contributed by atoms with Gasteiger partial charge in [0.2, 0.25) is 5.91 Å². The van der Waals surface area contributed by atoms with Crippen molar-refractivity contribution in [3.05, 3.63) is 23.7 Å². The Balaban J connectivity index is 2.46. The van der Waals surface area contributed by atoms with Crippen LogP contribution in [0.1, 0.15) is 18.3 Å². The fraction of sp³-hybridized carbons (Fsp3) is 0.462. The van der Waals surface area contributed by atoms with Crippen LogP contribution in [0, 0.1) is 6.92 Å². The molecule has 0 N–H and O–H groups in total. The fourth-order valence-corrected chi connectivity index (χ4v) is 2.09. The summed E-state index contributed by atoms with van der Waals surface area (Å²) in [6.45, 7) is 4.81. The number of hydrogen-bond acceptors (Lipinski definition) is 3. The Morgan fingerprint density at radius 1 is 1.53 bits per heavy atom. The van der Waals surface area contributed by atoms with E-state index in [1.165, 1.54) is 0 Å². The average molecular weight is 281 g/mol. The Labute approximate surface area is 117 Å². The summed E-state index contributed by atoms with van der Waals surface area (Å²) in [5.41, 5.74) is 2.56. The second-order valence-corrected chi connectivity index (χ2v) is 4.72. The number of halogens is 1. The van der Waals surface area contributed by atoms with Crippen molar-refractivity contribution in [2.45, 2.75) is 26.3 Å². The molecule has 2 aromatic heterocycles. The number of carbonyl (C=O) groups is 1. The van der Waals surface area contributed by atoms with Crippen LogP contribution in [0.25, 0.3) is 11.2 Å². The molecule has 0 saturated heterocycles. The lowest BCUT2D eigenvalue weighted by Gasteiger charge is -2.15. The van der Waals surface area contributed by atoms with E-state index >= 15 is 0 Å². The minimum atomic E-state index is 0.0245. The van der Waals surface area contributed by atoms with E-state index in [1.807, 2.05) is 19.9 Å². The lowest BCUT2D eigenvalue weighted by molar-refractivity contribution is -0.130. The summed E-state index contributed by atoms with van der Waals surface area (Å²) in [6.07, 6.45) is 1.72. The molecule has 1 amide bonds. The van der Waals surface area contributed by atoms with E-state index in [1.54, 1.807) is 22.7 Å². The number of nitrogens with zero attached hydrogens (tertiary/aromatic N) is 4. The van der Waals surface area contributed by atoms with Gasteiger partial charge in [-0.05, 0) is 25.5 Å². The van der Waals surface area contributed by atoms with Crippen molar-refractivity contribution in [1.82, 2.24) is 19.4 Å². The number of carbonyl (C=O) groups excluding carboxylic acids is 1. The molecule has 0 radical (unpaired) electrons. The van der Waals surface area contributed by atoms with E-state index in [-0.39, 0.29) is 18.3 Å². The summed E-state index contributed by atoms with van der Waals surface area (Å²) in [7, 11) is 1.78. The molecule has 0 saturated carbocycles. The van der Waals surface area contributed by atoms with Crippen LogP contribution in [0.15, 0.2) is 12.3 Å². The van der Waals surface area contributed by atoms with Crippen LogP contribution in [0.2, 0.25) is 0 Å². The van der Waals surface area contributed by atoms with E-state index in [0.29, 0.717) is 18.0 Å². The van der Waals surface area contributed by atoms with E-state index in [4.69, 9.17) is 11.6 Å². The normalized spacial score (nSPS) is 10.9. The number of amides is 1. The van der Waals surface area contributed by atoms with Crippen molar-refractivity contribution in [3.63, 3.8) is 0 Å². The van der Waals surface area contributed by atoms with Gasteiger partial charge in [0.15, 0.2) is 5.65 Å². The number of fused-ring (bicyclic) bond motifs is 1. The van der Waals surface area contributed by atoms with Gasteiger partial charge in [-0.15, -0.1) is 11.6 Å². The van der Waals surface area contributed by atoms with Gasteiger partial charge in [-0.1, -0.05) is 0 Å². The Hall–Kier alpha value is -1.62. The van der Waals surface area contributed by atoms with Crippen LogP contribution >= 0.6 is 11.6 Å². The minimum Gasteiger partial charge on any atom is -0.344 e. The summed E-state index contributed by atoms with van der Waals surface area (Å²) in [4.78, 5) is 22.5. The number of aromatic nitrogens is 3. The standard InChI is InChI=1S/C13H17ClN4O/c1-4-17(3)11(19)8-18-10(7-14)16-12-9(2)5-6-15-13(12)18/h5-6H,4,7-8H2,1-3H3. The highest BCUT2D eigenvalue weighted by atomic mass is 35.5. The average Bonchev–Trinajstić information content (AvgIpc) is 2.77. The Morgan fingerprint density at radius 2 is 2.26 bits per heavy atom. The van der Waals surface area contributed by atoms with Crippen molar-refractivity contribution in [2.24, 2.45) is 0 Å². The van der Waals surface area contributed by atoms with Gasteiger partial charge in [0, 0.05) is 19.8 Å². The molecule has 0 aromatic carbocycles. The molecular formula is C13H17ClN4O.